The Bertz CT molecular complexity index is 1270. The number of allylic oxidation sites excluding steroid dienone is 1. The molecule has 0 radical (unpaired) electrons. The summed E-state index contributed by atoms with van der Waals surface area (Å²) in [7, 11) is 7.05. The fourth-order valence-corrected chi connectivity index (χ4v) is 2.87. The van der Waals surface area contributed by atoms with Crippen molar-refractivity contribution in [3.05, 3.63) is 68.6 Å². The van der Waals surface area contributed by atoms with Gasteiger partial charge in [-0.2, -0.15) is 0 Å². The Hall–Kier alpha value is -3.52. The Kier molecular flexibility index (Phi) is 17.9. The van der Waals surface area contributed by atoms with Crippen LogP contribution >= 0.6 is 46.4 Å². The van der Waals surface area contributed by atoms with E-state index in [0.29, 0.717) is 6.61 Å². The van der Waals surface area contributed by atoms with Crippen LogP contribution in [0.4, 0.5) is 0 Å². The molecule has 0 aliphatic rings. The summed E-state index contributed by atoms with van der Waals surface area (Å²) in [4.78, 5) is 62.3. The van der Waals surface area contributed by atoms with E-state index in [1.54, 1.807) is 43.9 Å². The summed E-state index contributed by atoms with van der Waals surface area (Å²) in [6.07, 6.45) is 6.86. The number of nitrogens with zero attached hydrogens (tertiary/aromatic N) is 6. The van der Waals surface area contributed by atoms with Crippen LogP contribution in [0, 0.1) is 0 Å². The summed E-state index contributed by atoms with van der Waals surface area (Å²) in [5.41, 5.74) is -0.427. The van der Waals surface area contributed by atoms with Gasteiger partial charge in [0.2, 0.25) is 0 Å². The first kappa shape index (κ1) is 37.5. The van der Waals surface area contributed by atoms with E-state index < -0.39 is 17.7 Å². The number of aromatic carboxylic acids is 1. The van der Waals surface area contributed by atoms with Gasteiger partial charge in [-0.25, -0.2) is 29.5 Å². The first-order valence-corrected chi connectivity index (χ1v) is 12.9. The van der Waals surface area contributed by atoms with E-state index in [2.05, 4.69) is 24.7 Å². The predicted molar refractivity (Wildman–Crippen MR) is 153 cm³/mol. The summed E-state index contributed by atoms with van der Waals surface area (Å²) >= 11 is 22.2. The van der Waals surface area contributed by atoms with Crippen LogP contribution in [0.25, 0.3) is 0 Å². The number of hydrogen-bond donors (Lipinski definition) is 1. The van der Waals surface area contributed by atoms with Gasteiger partial charge in [-0.1, -0.05) is 53.3 Å². The number of rotatable bonds is 9. The third-order valence-electron chi connectivity index (χ3n) is 3.73. The third kappa shape index (κ3) is 15.7. The maximum absolute atomic E-state index is 12.3. The monoisotopic (exact) mass is 652 g/mol. The van der Waals surface area contributed by atoms with Crippen molar-refractivity contribution in [1.29, 1.82) is 0 Å². The molecule has 2 rings (SSSR count). The lowest BCUT2D eigenvalue weighted by Crippen LogP contribution is -2.17. The maximum Gasteiger partial charge on any atom is 0.357 e. The molecule has 0 atom stereocenters. The second-order valence-electron chi connectivity index (χ2n) is 7.61. The fourth-order valence-electron chi connectivity index (χ4n) is 2.07. The van der Waals surface area contributed by atoms with Crippen LogP contribution in [-0.4, -0.2) is 93.3 Å². The summed E-state index contributed by atoms with van der Waals surface area (Å²) < 4.78 is 9.62. The van der Waals surface area contributed by atoms with Crippen LogP contribution in [0.3, 0.4) is 0 Å². The molecule has 0 fully saturated rings. The lowest BCUT2D eigenvalue weighted by atomic mass is 10.2. The van der Waals surface area contributed by atoms with E-state index in [-0.39, 0.29) is 50.1 Å². The molecule has 0 aliphatic heterocycles. The number of hydrogen-bond acceptors (Lipinski definition) is 12. The number of carboxylic acids is 1. The summed E-state index contributed by atoms with van der Waals surface area (Å²) in [6, 6.07) is 0. The number of halogens is 4. The summed E-state index contributed by atoms with van der Waals surface area (Å²) in [5, 5.41) is 8.20. The summed E-state index contributed by atoms with van der Waals surface area (Å²) in [6.45, 7) is 3.83. The van der Waals surface area contributed by atoms with Gasteiger partial charge in [0.1, 0.15) is 10.3 Å². The van der Waals surface area contributed by atoms with Crippen molar-refractivity contribution in [3.8, 4) is 0 Å². The van der Waals surface area contributed by atoms with Gasteiger partial charge in [-0.15, -0.1) is 0 Å². The number of esters is 2. The molecule has 0 aromatic carbocycles. The highest BCUT2D eigenvalue weighted by molar-refractivity contribution is 6.35. The molecule has 0 amide bonds. The Balaban J connectivity index is 0.000000644. The van der Waals surface area contributed by atoms with Crippen LogP contribution in [0.5, 0.6) is 0 Å². The molecule has 17 heteroatoms. The molecule has 224 valence electrons. The number of ether oxygens (including phenoxy) is 2. The van der Waals surface area contributed by atoms with Crippen LogP contribution in [0.1, 0.15) is 41.2 Å². The van der Waals surface area contributed by atoms with Crippen molar-refractivity contribution in [2.45, 2.75) is 20.3 Å². The number of Topliss-reactive ketones (excluding diaryl/α,β-unsaturated/α-hetero) is 1. The van der Waals surface area contributed by atoms with Crippen molar-refractivity contribution in [2.75, 3.05) is 34.8 Å². The van der Waals surface area contributed by atoms with E-state index in [1.807, 2.05) is 14.1 Å². The Labute approximate surface area is 256 Å². The van der Waals surface area contributed by atoms with E-state index in [0.717, 1.165) is 6.20 Å². The molecule has 0 spiro atoms. The zero-order chi connectivity index (χ0) is 31.7. The number of carbonyl (C=O) groups is 4. The topological polar surface area (TPSA) is 165 Å². The average Bonchev–Trinajstić information content (AvgIpc) is 2.87. The zero-order valence-electron chi connectivity index (χ0n) is 22.9. The maximum atomic E-state index is 12.3. The predicted octanol–water partition coefficient (Wildman–Crippen LogP) is 4.43. The largest absolute Gasteiger partial charge is 0.476 e. The SMILES string of the molecule is CCC(=O)O/C(=C\N(C)C)C(=O)c1ncc(Cl)nc1Cl.CCOC(=O)/C=C/N(C)C.O=C(O)c1ncc(Cl)nc1Cl. The second kappa shape index (κ2) is 19.5. The smallest absolute Gasteiger partial charge is 0.357 e. The highest BCUT2D eigenvalue weighted by Crippen LogP contribution is 2.18. The van der Waals surface area contributed by atoms with E-state index in [4.69, 9.17) is 56.2 Å². The van der Waals surface area contributed by atoms with Crippen LogP contribution in [-0.2, 0) is 19.1 Å². The standard InChI is InChI=1S/C12H13Cl2N3O3.C7H13NO2.C5H2Cl2N2O2/c1-4-9(18)20-7(6-17(2)3)11(19)10-12(14)16-8(13)5-15-10;1-4-10-7(9)5-6-8(2)3;6-2-1-8-3(5(10)11)4(7)9-2/h5-6H,4H2,1-3H3;5-6H,4H2,1-3H3;1H,(H,10,11)/b7-6-;6-5+;. The molecule has 2 heterocycles. The van der Waals surface area contributed by atoms with Crippen molar-refractivity contribution in [2.24, 2.45) is 0 Å². The van der Waals surface area contributed by atoms with Crippen molar-refractivity contribution >= 4 is 70.1 Å². The Morgan fingerprint density at radius 1 is 0.878 bits per heavy atom. The highest BCUT2D eigenvalue weighted by atomic mass is 35.5. The molecule has 0 saturated carbocycles. The normalized spacial score (nSPS) is 10.4. The molecule has 0 unspecified atom stereocenters. The molecule has 2 aromatic rings. The minimum Gasteiger partial charge on any atom is -0.476 e. The number of aromatic nitrogens is 4. The molecule has 0 bridgehead atoms. The first-order chi connectivity index (χ1) is 19.1. The van der Waals surface area contributed by atoms with E-state index >= 15 is 0 Å². The van der Waals surface area contributed by atoms with Gasteiger partial charge in [0.15, 0.2) is 27.5 Å². The van der Waals surface area contributed by atoms with Gasteiger partial charge in [0, 0.05) is 53.1 Å². The minimum atomic E-state index is -1.22. The van der Waals surface area contributed by atoms with Crippen LogP contribution < -0.4 is 0 Å². The lowest BCUT2D eigenvalue weighted by molar-refractivity contribution is -0.139. The average molecular weight is 654 g/mol. The number of ketones is 1. The fraction of sp³-hybridized carbons (Fsp3) is 0.333. The third-order valence-corrected chi connectivity index (χ3v) is 4.62. The van der Waals surface area contributed by atoms with E-state index in [9.17, 15) is 19.2 Å². The summed E-state index contributed by atoms with van der Waals surface area (Å²) in [5.74, 6) is -2.88. The second-order valence-corrected chi connectivity index (χ2v) is 9.11. The van der Waals surface area contributed by atoms with Gasteiger partial charge >= 0.3 is 17.9 Å². The van der Waals surface area contributed by atoms with Gasteiger partial charge in [0.25, 0.3) is 5.78 Å². The first-order valence-electron chi connectivity index (χ1n) is 11.4. The van der Waals surface area contributed by atoms with Crippen LogP contribution in [0.2, 0.25) is 20.6 Å². The van der Waals surface area contributed by atoms with Gasteiger partial charge in [0.05, 0.1) is 19.0 Å². The highest BCUT2D eigenvalue weighted by Gasteiger charge is 2.22. The quantitative estimate of drug-likeness (QED) is 0.175. The molecule has 0 aliphatic carbocycles. The molecule has 0 saturated heterocycles. The van der Waals surface area contributed by atoms with Crippen molar-refractivity contribution in [1.82, 2.24) is 29.7 Å². The Morgan fingerprint density at radius 2 is 1.39 bits per heavy atom. The molecular weight excluding hydrogens is 626 g/mol. The molecule has 2 aromatic heterocycles. The van der Waals surface area contributed by atoms with Crippen molar-refractivity contribution in [3.63, 3.8) is 0 Å². The zero-order valence-corrected chi connectivity index (χ0v) is 25.9. The Morgan fingerprint density at radius 3 is 1.78 bits per heavy atom. The van der Waals surface area contributed by atoms with Gasteiger partial charge < -0.3 is 24.4 Å². The molecular formula is C24H28Cl4N6O7. The van der Waals surface area contributed by atoms with Gasteiger partial charge in [-0.05, 0) is 6.92 Å². The van der Waals surface area contributed by atoms with Crippen molar-refractivity contribution < 1.29 is 33.8 Å². The number of carboxylic acid groups (broad SMARTS) is 1. The number of carbonyl (C=O) groups excluding carboxylic acids is 3. The van der Waals surface area contributed by atoms with Crippen LogP contribution in [0.15, 0.2) is 36.6 Å². The minimum absolute atomic E-state index is 0.0650. The molecule has 1 N–H and O–H groups in total. The molecule has 13 nitrogen and oxygen atoms in total. The van der Waals surface area contributed by atoms with E-state index in [1.165, 1.54) is 18.5 Å². The molecule has 41 heavy (non-hydrogen) atoms. The lowest BCUT2D eigenvalue weighted by Gasteiger charge is -2.11. The van der Waals surface area contributed by atoms with Gasteiger partial charge in [-0.3, -0.25) is 9.59 Å².